The van der Waals surface area contributed by atoms with E-state index >= 15 is 0 Å². The Labute approximate surface area is 176 Å². The van der Waals surface area contributed by atoms with Crippen molar-refractivity contribution in [3.05, 3.63) is 60.2 Å². The van der Waals surface area contributed by atoms with Crippen LogP contribution in [0.5, 0.6) is 11.5 Å². The van der Waals surface area contributed by atoms with Gasteiger partial charge in [-0.15, -0.1) is 0 Å². The molecule has 0 spiro atoms. The Kier molecular flexibility index (Phi) is 6.12. The van der Waals surface area contributed by atoms with Crippen molar-refractivity contribution in [3.8, 4) is 11.5 Å². The second kappa shape index (κ2) is 8.46. The monoisotopic (exact) mass is 438 g/mol. The van der Waals surface area contributed by atoms with Gasteiger partial charge in [-0.05, 0) is 36.8 Å². The summed E-state index contributed by atoms with van der Waals surface area (Å²) in [6.45, 7) is 1.23. The molecule has 1 aliphatic rings. The molecule has 2 aromatic carbocycles. The SMILES string of the molecule is CCOC(=O)[C@H]1[C@@H](c2cccc(Oc3ccccc3)c2)NC(=O)N(C)[C@]1(O)C(F)(F)F. The normalized spacial score (nSPS) is 23.8. The van der Waals surface area contributed by atoms with E-state index in [4.69, 9.17) is 9.47 Å². The molecule has 2 amide bonds. The van der Waals surface area contributed by atoms with Crippen LogP contribution >= 0.6 is 0 Å². The number of carbonyl (C=O) groups is 2. The van der Waals surface area contributed by atoms with Crippen LogP contribution in [0.3, 0.4) is 0 Å². The van der Waals surface area contributed by atoms with Crippen LogP contribution in [0.2, 0.25) is 0 Å². The zero-order chi connectivity index (χ0) is 22.8. The molecule has 2 N–H and O–H groups in total. The number of ether oxygens (including phenoxy) is 2. The molecule has 1 aliphatic heterocycles. The number of esters is 1. The van der Waals surface area contributed by atoms with Crippen LogP contribution in [0.4, 0.5) is 18.0 Å². The summed E-state index contributed by atoms with van der Waals surface area (Å²) in [4.78, 5) is 25.0. The third-order valence-electron chi connectivity index (χ3n) is 5.02. The average Bonchev–Trinajstić information content (AvgIpc) is 2.72. The van der Waals surface area contributed by atoms with Gasteiger partial charge in [-0.2, -0.15) is 13.2 Å². The fourth-order valence-electron chi connectivity index (χ4n) is 3.48. The molecule has 7 nitrogen and oxygen atoms in total. The van der Waals surface area contributed by atoms with E-state index in [1.54, 1.807) is 36.4 Å². The maximum atomic E-state index is 14.0. The lowest BCUT2D eigenvalue weighted by Crippen LogP contribution is -2.73. The molecule has 0 unspecified atom stereocenters. The molecule has 0 bridgehead atoms. The molecule has 3 rings (SSSR count). The largest absolute Gasteiger partial charge is 0.466 e. The lowest BCUT2D eigenvalue weighted by Gasteiger charge is -2.49. The number of aliphatic hydroxyl groups is 1. The molecular formula is C21H21F3N2O5. The van der Waals surface area contributed by atoms with Crippen LogP contribution in [0.25, 0.3) is 0 Å². The summed E-state index contributed by atoms with van der Waals surface area (Å²) in [6, 6.07) is 11.8. The molecule has 0 radical (unpaired) electrons. The van der Waals surface area contributed by atoms with Gasteiger partial charge in [0.25, 0.3) is 5.72 Å². The van der Waals surface area contributed by atoms with Crippen LogP contribution in [-0.4, -0.2) is 47.6 Å². The molecule has 1 saturated heterocycles. The van der Waals surface area contributed by atoms with Crippen molar-refractivity contribution < 1.29 is 37.3 Å². The van der Waals surface area contributed by atoms with Gasteiger partial charge in [-0.25, -0.2) is 4.79 Å². The molecule has 1 fully saturated rings. The second-order valence-electron chi connectivity index (χ2n) is 6.93. The number of rotatable bonds is 5. The smallest absolute Gasteiger partial charge is 0.437 e. The molecule has 0 saturated carbocycles. The predicted octanol–water partition coefficient (Wildman–Crippen LogP) is 3.61. The summed E-state index contributed by atoms with van der Waals surface area (Å²) in [6.07, 6.45) is -5.33. The quantitative estimate of drug-likeness (QED) is 0.697. The fraction of sp³-hybridized carbons (Fsp3) is 0.333. The Hall–Kier alpha value is -3.27. The number of urea groups is 1. The zero-order valence-electron chi connectivity index (χ0n) is 16.7. The van der Waals surface area contributed by atoms with Crippen molar-refractivity contribution in [2.45, 2.75) is 24.9 Å². The lowest BCUT2D eigenvalue weighted by molar-refractivity contribution is -0.328. The van der Waals surface area contributed by atoms with E-state index in [2.05, 4.69) is 5.32 Å². The van der Waals surface area contributed by atoms with Crippen molar-refractivity contribution >= 4 is 12.0 Å². The number of amides is 2. The van der Waals surface area contributed by atoms with Gasteiger partial charge in [-0.3, -0.25) is 9.69 Å². The number of nitrogens with zero attached hydrogens (tertiary/aromatic N) is 1. The average molecular weight is 438 g/mol. The van der Waals surface area contributed by atoms with E-state index < -0.39 is 35.9 Å². The molecule has 3 atom stereocenters. The molecule has 166 valence electrons. The summed E-state index contributed by atoms with van der Waals surface area (Å²) in [5.74, 6) is -2.72. The van der Waals surface area contributed by atoms with E-state index in [9.17, 15) is 27.9 Å². The number of hydrogen-bond acceptors (Lipinski definition) is 5. The molecule has 2 aromatic rings. The van der Waals surface area contributed by atoms with Gasteiger partial charge in [-0.1, -0.05) is 30.3 Å². The minimum absolute atomic E-state index is 0.0649. The number of para-hydroxylation sites is 1. The Morgan fingerprint density at radius 3 is 2.42 bits per heavy atom. The molecule has 31 heavy (non-hydrogen) atoms. The number of hydrogen-bond donors (Lipinski definition) is 2. The summed E-state index contributed by atoms with van der Waals surface area (Å²) in [5, 5.41) is 13.0. The van der Waals surface area contributed by atoms with Crippen molar-refractivity contribution in [2.24, 2.45) is 5.92 Å². The first-order valence-corrected chi connectivity index (χ1v) is 9.42. The van der Waals surface area contributed by atoms with E-state index in [1.807, 2.05) is 0 Å². The van der Waals surface area contributed by atoms with Gasteiger partial charge in [0.2, 0.25) is 0 Å². The highest BCUT2D eigenvalue weighted by Crippen LogP contribution is 2.47. The zero-order valence-corrected chi connectivity index (χ0v) is 16.7. The lowest BCUT2D eigenvalue weighted by atomic mass is 9.81. The first-order valence-electron chi connectivity index (χ1n) is 9.42. The highest BCUT2D eigenvalue weighted by Gasteiger charge is 2.69. The summed E-state index contributed by atoms with van der Waals surface area (Å²) < 4.78 is 52.4. The molecular weight excluding hydrogens is 417 g/mol. The van der Waals surface area contributed by atoms with Gasteiger partial charge >= 0.3 is 18.2 Å². The van der Waals surface area contributed by atoms with Gasteiger partial charge in [0, 0.05) is 7.05 Å². The number of carbonyl (C=O) groups excluding carboxylic acids is 2. The minimum atomic E-state index is -5.33. The number of nitrogens with one attached hydrogen (secondary N) is 1. The first kappa shape index (κ1) is 22.4. The highest BCUT2D eigenvalue weighted by molar-refractivity contribution is 5.83. The van der Waals surface area contributed by atoms with E-state index in [0.717, 1.165) is 7.05 Å². The summed E-state index contributed by atoms with van der Waals surface area (Å²) in [5.41, 5.74) is -3.64. The van der Waals surface area contributed by atoms with Crippen LogP contribution in [0, 0.1) is 5.92 Å². The van der Waals surface area contributed by atoms with E-state index in [0.29, 0.717) is 5.75 Å². The maximum absolute atomic E-state index is 14.0. The van der Waals surface area contributed by atoms with Gasteiger partial charge in [0.05, 0.1) is 12.6 Å². The van der Waals surface area contributed by atoms with Crippen molar-refractivity contribution in [1.82, 2.24) is 10.2 Å². The standard InChI is InChI=1S/C21H21F3N2O5/c1-3-30-18(27)16-17(25-19(28)26(2)20(16,29)21(22,23)24)13-8-7-11-15(12-13)31-14-9-5-4-6-10-14/h4-12,16-17,29H,3H2,1-2H3,(H,25,28)/t16-,17-,20-/m1/s1. The predicted molar refractivity (Wildman–Crippen MR) is 103 cm³/mol. The number of alkyl halides is 3. The Bertz CT molecular complexity index is 954. The van der Waals surface area contributed by atoms with E-state index in [-0.39, 0.29) is 22.8 Å². The number of benzene rings is 2. The Balaban J connectivity index is 2.06. The van der Waals surface area contributed by atoms with Gasteiger partial charge < -0.3 is 19.9 Å². The minimum Gasteiger partial charge on any atom is -0.466 e. The fourth-order valence-corrected chi connectivity index (χ4v) is 3.48. The number of halogens is 3. The Morgan fingerprint density at radius 2 is 1.81 bits per heavy atom. The van der Waals surface area contributed by atoms with Crippen molar-refractivity contribution in [2.75, 3.05) is 13.7 Å². The first-order chi connectivity index (χ1) is 14.6. The molecule has 1 heterocycles. The van der Waals surface area contributed by atoms with Crippen molar-refractivity contribution in [3.63, 3.8) is 0 Å². The summed E-state index contributed by atoms with van der Waals surface area (Å²) >= 11 is 0. The molecule has 0 aromatic heterocycles. The maximum Gasteiger partial charge on any atom is 0.437 e. The molecule has 0 aliphatic carbocycles. The van der Waals surface area contributed by atoms with E-state index in [1.165, 1.54) is 25.1 Å². The molecule has 10 heteroatoms. The van der Waals surface area contributed by atoms with Gasteiger partial charge in [0.15, 0.2) is 0 Å². The van der Waals surface area contributed by atoms with Crippen molar-refractivity contribution in [1.29, 1.82) is 0 Å². The van der Waals surface area contributed by atoms with Crippen LogP contribution in [0.1, 0.15) is 18.5 Å². The third kappa shape index (κ3) is 4.15. The van der Waals surface area contributed by atoms with Crippen LogP contribution < -0.4 is 10.1 Å². The Morgan fingerprint density at radius 1 is 1.16 bits per heavy atom. The van der Waals surface area contributed by atoms with Crippen LogP contribution in [0.15, 0.2) is 54.6 Å². The topological polar surface area (TPSA) is 88.1 Å². The second-order valence-corrected chi connectivity index (χ2v) is 6.93. The van der Waals surface area contributed by atoms with Gasteiger partial charge in [0.1, 0.15) is 17.4 Å². The van der Waals surface area contributed by atoms with Crippen LogP contribution in [-0.2, 0) is 9.53 Å². The highest BCUT2D eigenvalue weighted by atomic mass is 19.4. The summed E-state index contributed by atoms with van der Waals surface area (Å²) in [7, 11) is 0.764. The third-order valence-corrected chi connectivity index (χ3v) is 5.02.